The van der Waals surface area contributed by atoms with Crippen LogP contribution in [0, 0.1) is 0 Å². The highest BCUT2D eigenvalue weighted by molar-refractivity contribution is 6.15. The van der Waals surface area contributed by atoms with Crippen LogP contribution in [-0.2, 0) is 17.6 Å². The van der Waals surface area contributed by atoms with Crippen molar-refractivity contribution in [3.05, 3.63) is 106 Å². The molecule has 1 unspecified atom stereocenters. The lowest BCUT2D eigenvalue weighted by molar-refractivity contribution is -0.135. The van der Waals surface area contributed by atoms with Crippen molar-refractivity contribution in [2.75, 3.05) is 34.5 Å². The highest BCUT2D eigenvalue weighted by Crippen LogP contribution is 2.51. The summed E-state index contributed by atoms with van der Waals surface area (Å²) in [7, 11) is 4.57. The molecule has 3 aliphatic rings. The number of ketones is 1. The van der Waals surface area contributed by atoms with Crippen LogP contribution < -0.4 is 33.2 Å². The predicted molar refractivity (Wildman–Crippen MR) is 169 cm³/mol. The molecule has 4 aromatic rings. The quantitative estimate of drug-likeness (QED) is 0.121. The second-order valence-electron chi connectivity index (χ2n) is 11.1. The van der Waals surface area contributed by atoms with E-state index in [9.17, 15) is 9.59 Å². The Morgan fingerprint density at radius 3 is 2.50 bits per heavy atom. The molecular formula is C37H32O9. The lowest BCUT2D eigenvalue weighted by Crippen LogP contribution is -2.22. The molecule has 0 amide bonds. The molecule has 7 rings (SSSR count). The molecule has 3 heterocycles. The van der Waals surface area contributed by atoms with Crippen LogP contribution in [0.25, 0.3) is 6.08 Å². The Kier molecular flexibility index (Phi) is 7.74. The van der Waals surface area contributed by atoms with Crippen molar-refractivity contribution in [1.29, 1.82) is 0 Å². The van der Waals surface area contributed by atoms with E-state index in [1.54, 1.807) is 30.3 Å². The van der Waals surface area contributed by atoms with Crippen molar-refractivity contribution in [2.24, 2.45) is 0 Å². The summed E-state index contributed by atoms with van der Waals surface area (Å²) >= 11 is 0. The summed E-state index contributed by atoms with van der Waals surface area (Å²) in [5, 5.41) is 0. The number of benzene rings is 4. The number of fused-ring (bicyclic) bond motifs is 4. The molecule has 4 aromatic carbocycles. The van der Waals surface area contributed by atoms with E-state index in [1.165, 1.54) is 32.5 Å². The maximum Gasteiger partial charge on any atom is 0.312 e. The normalized spacial score (nSPS) is 16.9. The molecule has 46 heavy (non-hydrogen) atoms. The van der Waals surface area contributed by atoms with E-state index in [1.807, 2.05) is 30.3 Å². The van der Waals surface area contributed by atoms with Crippen molar-refractivity contribution >= 4 is 17.8 Å². The number of rotatable bonds is 9. The number of para-hydroxylation sites is 1. The van der Waals surface area contributed by atoms with Gasteiger partial charge in [-0.25, -0.2) is 0 Å². The Balaban J connectivity index is 1.20. The van der Waals surface area contributed by atoms with Gasteiger partial charge in [-0.1, -0.05) is 30.3 Å². The average molecular weight is 621 g/mol. The third-order valence-electron chi connectivity index (χ3n) is 8.50. The molecule has 0 radical (unpaired) electrons. The third kappa shape index (κ3) is 5.17. The van der Waals surface area contributed by atoms with Gasteiger partial charge in [-0.05, 0) is 53.6 Å². The lowest BCUT2D eigenvalue weighted by atomic mass is 9.84. The van der Waals surface area contributed by atoms with Crippen LogP contribution in [0.3, 0.4) is 0 Å². The van der Waals surface area contributed by atoms with Crippen LogP contribution in [0.1, 0.15) is 50.5 Å². The number of ether oxygens (including phenoxy) is 7. The number of allylic oxidation sites excluding steroid dienone is 1. The van der Waals surface area contributed by atoms with E-state index in [-0.39, 0.29) is 23.9 Å². The Morgan fingerprint density at radius 2 is 1.67 bits per heavy atom. The van der Waals surface area contributed by atoms with Crippen LogP contribution in [0.4, 0.5) is 0 Å². The van der Waals surface area contributed by atoms with E-state index >= 15 is 0 Å². The average Bonchev–Trinajstić information content (AvgIpc) is 3.67. The van der Waals surface area contributed by atoms with Crippen molar-refractivity contribution in [3.63, 3.8) is 0 Å². The molecule has 234 valence electrons. The number of carbonyl (C=O) groups excluding carboxylic acids is 2. The van der Waals surface area contributed by atoms with Gasteiger partial charge in [0.25, 0.3) is 0 Å². The van der Waals surface area contributed by atoms with E-state index in [4.69, 9.17) is 33.2 Å². The molecule has 0 saturated heterocycles. The van der Waals surface area contributed by atoms with Crippen LogP contribution in [-0.4, -0.2) is 46.3 Å². The second-order valence-corrected chi connectivity index (χ2v) is 11.1. The summed E-state index contributed by atoms with van der Waals surface area (Å²) in [5.74, 6) is 2.59. The summed E-state index contributed by atoms with van der Waals surface area (Å²) in [4.78, 5) is 26.5. The molecule has 0 saturated carbocycles. The fourth-order valence-electron chi connectivity index (χ4n) is 6.33. The van der Waals surface area contributed by atoms with Gasteiger partial charge < -0.3 is 33.2 Å². The molecular weight excluding hydrogens is 588 g/mol. The number of carbonyl (C=O) groups is 2. The summed E-state index contributed by atoms with van der Waals surface area (Å²) < 4.78 is 40.4. The molecule has 0 aromatic heterocycles. The zero-order chi connectivity index (χ0) is 31.8. The molecule has 0 N–H and O–H groups in total. The Labute approximate surface area is 266 Å². The van der Waals surface area contributed by atoms with Crippen molar-refractivity contribution < 1.29 is 42.7 Å². The van der Waals surface area contributed by atoms with Gasteiger partial charge in [0.05, 0.1) is 46.5 Å². The SMILES string of the molecule is COc1ccc(/C=C2\Oc3c(ccc4c3C(c3ccccc3OCCc3ccc5c(c3)CCO5)CC(=O)O4)C2=O)c(OC)c1OC. The van der Waals surface area contributed by atoms with Crippen LogP contribution in [0.2, 0.25) is 0 Å². The van der Waals surface area contributed by atoms with Crippen molar-refractivity contribution in [1.82, 2.24) is 0 Å². The third-order valence-corrected chi connectivity index (χ3v) is 8.50. The molecule has 0 aliphatic carbocycles. The molecule has 0 fully saturated rings. The standard InChI is InChI=1S/C37H32O9/c1-40-30-12-9-23(35(41-2)37(30)42-3)19-31-34(39)25-10-13-29-33(36(25)46-31)26(20-32(38)45-29)24-6-4-5-7-28(24)44-16-14-21-8-11-27-22(18-21)15-17-43-27/h4-13,18-19,26H,14-17,20H2,1-3H3/b31-19-. The minimum absolute atomic E-state index is 0.0642. The number of Topliss-reactive ketones (excluding diaryl/α,β-unsaturated/α-hetero) is 1. The Bertz CT molecular complexity index is 1890. The summed E-state index contributed by atoms with van der Waals surface area (Å²) in [6.07, 6.45) is 3.31. The molecule has 3 aliphatic heterocycles. The fourth-order valence-corrected chi connectivity index (χ4v) is 6.33. The van der Waals surface area contributed by atoms with Crippen LogP contribution in [0.5, 0.6) is 40.2 Å². The van der Waals surface area contributed by atoms with Gasteiger partial charge in [0.2, 0.25) is 11.5 Å². The summed E-state index contributed by atoms with van der Waals surface area (Å²) in [5.41, 5.74) is 4.78. The summed E-state index contributed by atoms with van der Waals surface area (Å²) in [6.45, 7) is 1.16. The first kappa shape index (κ1) is 29.3. The van der Waals surface area contributed by atoms with Gasteiger partial charge in [-0.3, -0.25) is 9.59 Å². The maximum atomic E-state index is 13.7. The number of hydrogen-bond acceptors (Lipinski definition) is 9. The van der Waals surface area contributed by atoms with Gasteiger partial charge in [-0.15, -0.1) is 0 Å². The highest BCUT2D eigenvalue weighted by atomic mass is 16.5. The van der Waals surface area contributed by atoms with E-state index in [2.05, 4.69) is 12.1 Å². The predicted octanol–water partition coefficient (Wildman–Crippen LogP) is 6.33. The monoisotopic (exact) mass is 620 g/mol. The largest absolute Gasteiger partial charge is 0.493 e. The smallest absolute Gasteiger partial charge is 0.312 e. The fraction of sp³-hybridized carbons (Fsp3) is 0.243. The maximum absolute atomic E-state index is 13.7. The number of hydrogen-bond donors (Lipinski definition) is 0. The van der Waals surface area contributed by atoms with Gasteiger partial charge in [-0.2, -0.15) is 0 Å². The minimum Gasteiger partial charge on any atom is -0.493 e. The second kappa shape index (κ2) is 12.2. The lowest BCUT2D eigenvalue weighted by Gasteiger charge is -2.27. The van der Waals surface area contributed by atoms with E-state index < -0.39 is 5.92 Å². The van der Waals surface area contributed by atoms with Gasteiger partial charge in [0.15, 0.2) is 17.3 Å². The molecule has 0 bridgehead atoms. The van der Waals surface area contributed by atoms with Gasteiger partial charge in [0.1, 0.15) is 23.0 Å². The first-order valence-electron chi connectivity index (χ1n) is 15.1. The van der Waals surface area contributed by atoms with Crippen molar-refractivity contribution in [2.45, 2.75) is 25.2 Å². The zero-order valence-electron chi connectivity index (χ0n) is 25.7. The molecule has 1 atom stereocenters. The number of esters is 1. The topological polar surface area (TPSA) is 98.8 Å². The highest BCUT2D eigenvalue weighted by Gasteiger charge is 2.39. The van der Waals surface area contributed by atoms with Crippen molar-refractivity contribution in [3.8, 4) is 40.2 Å². The number of methoxy groups -OCH3 is 3. The first-order chi connectivity index (χ1) is 22.5. The minimum atomic E-state index is -0.456. The summed E-state index contributed by atoms with van der Waals surface area (Å²) in [6, 6.07) is 20.7. The van der Waals surface area contributed by atoms with Gasteiger partial charge in [0, 0.05) is 35.4 Å². The zero-order valence-corrected chi connectivity index (χ0v) is 25.7. The Hall–Kier alpha value is -5.44. The van der Waals surface area contributed by atoms with Gasteiger partial charge >= 0.3 is 5.97 Å². The molecule has 9 heteroatoms. The van der Waals surface area contributed by atoms with E-state index in [0.29, 0.717) is 70.8 Å². The van der Waals surface area contributed by atoms with Crippen LogP contribution in [0.15, 0.2) is 72.5 Å². The Morgan fingerprint density at radius 1 is 0.848 bits per heavy atom. The molecule has 9 nitrogen and oxygen atoms in total. The van der Waals surface area contributed by atoms with E-state index in [0.717, 1.165) is 17.7 Å². The molecule has 0 spiro atoms. The van der Waals surface area contributed by atoms with Crippen LogP contribution >= 0.6 is 0 Å². The first-order valence-corrected chi connectivity index (χ1v) is 15.1.